The second kappa shape index (κ2) is 5.52. The summed E-state index contributed by atoms with van der Waals surface area (Å²) in [6.45, 7) is 7.98. The predicted octanol–water partition coefficient (Wildman–Crippen LogP) is 1.88. The summed E-state index contributed by atoms with van der Waals surface area (Å²) in [5.74, 6) is -0.371. The molecule has 17 heavy (non-hydrogen) atoms. The van der Waals surface area contributed by atoms with Gasteiger partial charge >= 0.3 is 5.97 Å². The van der Waals surface area contributed by atoms with E-state index in [1.165, 1.54) is 0 Å². The minimum Gasteiger partial charge on any atom is -0.464 e. The molecule has 98 valence electrons. The second-order valence-corrected chi connectivity index (χ2v) is 5.42. The second-order valence-electron chi connectivity index (χ2n) is 5.42. The monoisotopic (exact) mass is 241 g/mol. The smallest absolute Gasteiger partial charge is 0.328 e. The molecule has 0 aromatic rings. The van der Waals surface area contributed by atoms with Crippen LogP contribution < -0.4 is 5.32 Å². The number of carbonyl (C=O) groups excluding carboxylic acids is 2. The van der Waals surface area contributed by atoms with Crippen molar-refractivity contribution in [2.75, 3.05) is 6.61 Å². The quantitative estimate of drug-likeness (QED) is 0.765. The fraction of sp³-hybridized carbons (Fsp3) is 0.846. The minimum absolute atomic E-state index is 0.0133. The van der Waals surface area contributed by atoms with Gasteiger partial charge in [0.25, 0.3) is 0 Å². The van der Waals surface area contributed by atoms with Crippen molar-refractivity contribution in [3.63, 3.8) is 0 Å². The number of hydrogen-bond acceptors (Lipinski definition) is 3. The zero-order valence-electron chi connectivity index (χ0n) is 11.2. The average molecular weight is 241 g/mol. The highest BCUT2D eigenvalue weighted by molar-refractivity contribution is 5.86. The number of nitrogens with one attached hydrogen (secondary N) is 1. The molecule has 4 heteroatoms. The Balaban J connectivity index is 2.52. The van der Waals surface area contributed by atoms with Gasteiger partial charge in [-0.2, -0.15) is 0 Å². The van der Waals surface area contributed by atoms with E-state index in [9.17, 15) is 9.59 Å². The molecular weight excluding hydrogens is 218 g/mol. The van der Waals surface area contributed by atoms with E-state index < -0.39 is 6.04 Å². The Kier molecular flexibility index (Phi) is 4.54. The van der Waals surface area contributed by atoms with E-state index in [1.54, 1.807) is 13.8 Å². The van der Waals surface area contributed by atoms with Gasteiger partial charge in [0, 0.05) is 5.92 Å². The van der Waals surface area contributed by atoms with Crippen LogP contribution >= 0.6 is 0 Å². The first-order chi connectivity index (χ1) is 7.88. The lowest BCUT2D eigenvalue weighted by molar-refractivity contribution is -0.147. The predicted molar refractivity (Wildman–Crippen MR) is 65.4 cm³/mol. The molecule has 1 amide bonds. The SMILES string of the molecule is CCOC(=O)C(C)NC(=O)C1CCCC1(C)C. The highest BCUT2D eigenvalue weighted by Gasteiger charge is 2.39. The molecule has 1 aliphatic rings. The highest BCUT2D eigenvalue weighted by atomic mass is 16.5. The van der Waals surface area contributed by atoms with Crippen LogP contribution in [0.3, 0.4) is 0 Å². The van der Waals surface area contributed by atoms with Crippen LogP contribution in [-0.4, -0.2) is 24.5 Å². The molecule has 0 aromatic heterocycles. The standard InChI is InChI=1S/C13H23NO3/c1-5-17-12(16)9(2)14-11(15)10-7-6-8-13(10,3)4/h9-10H,5-8H2,1-4H3,(H,14,15). The molecule has 1 N–H and O–H groups in total. The van der Waals surface area contributed by atoms with Gasteiger partial charge in [0.05, 0.1) is 6.61 Å². The third-order valence-electron chi connectivity index (χ3n) is 3.57. The lowest BCUT2D eigenvalue weighted by atomic mass is 9.81. The topological polar surface area (TPSA) is 55.4 Å². The number of carbonyl (C=O) groups is 2. The summed E-state index contributed by atoms with van der Waals surface area (Å²) in [5, 5.41) is 2.75. The lowest BCUT2D eigenvalue weighted by Gasteiger charge is -2.26. The average Bonchev–Trinajstić information content (AvgIpc) is 2.58. The molecule has 0 aliphatic heterocycles. The van der Waals surface area contributed by atoms with Gasteiger partial charge in [-0.15, -0.1) is 0 Å². The molecule has 1 saturated carbocycles. The fourth-order valence-electron chi connectivity index (χ4n) is 2.45. The Hall–Kier alpha value is -1.06. The summed E-state index contributed by atoms with van der Waals surface area (Å²) in [7, 11) is 0. The van der Waals surface area contributed by atoms with Gasteiger partial charge < -0.3 is 10.1 Å². The minimum atomic E-state index is -0.557. The van der Waals surface area contributed by atoms with Gasteiger partial charge in [-0.3, -0.25) is 4.79 Å². The zero-order chi connectivity index (χ0) is 13.1. The van der Waals surface area contributed by atoms with E-state index in [1.807, 2.05) is 0 Å². The summed E-state index contributed by atoms with van der Waals surface area (Å²) >= 11 is 0. The first-order valence-electron chi connectivity index (χ1n) is 6.35. The molecule has 1 aliphatic carbocycles. The highest BCUT2D eigenvalue weighted by Crippen LogP contribution is 2.42. The molecule has 0 bridgehead atoms. The molecule has 0 aromatic carbocycles. The number of amides is 1. The molecule has 2 atom stereocenters. The summed E-state index contributed by atoms with van der Waals surface area (Å²) in [4.78, 5) is 23.5. The molecule has 2 unspecified atom stereocenters. The first kappa shape index (κ1) is 14.0. The summed E-state index contributed by atoms with van der Waals surface area (Å²) in [6, 6.07) is -0.557. The summed E-state index contributed by atoms with van der Waals surface area (Å²) < 4.78 is 4.87. The maximum Gasteiger partial charge on any atom is 0.328 e. The van der Waals surface area contributed by atoms with Crippen LogP contribution in [0, 0.1) is 11.3 Å². The van der Waals surface area contributed by atoms with Crippen molar-refractivity contribution in [1.82, 2.24) is 5.32 Å². The molecule has 1 rings (SSSR count). The lowest BCUT2D eigenvalue weighted by Crippen LogP contribution is -2.44. The molecule has 0 saturated heterocycles. The van der Waals surface area contributed by atoms with E-state index in [2.05, 4.69) is 19.2 Å². The Morgan fingerprint density at radius 2 is 2.12 bits per heavy atom. The fourth-order valence-corrected chi connectivity index (χ4v) is 2.45. The Morgan fingerprint density at radius 3 is 2.59 bits per heavy atom. The van der Waals surface area contributed by atoms with Crippen molar-refractivity contribution in [3.8, 4) is 0 Å². The van der Waals surface area contributed by atoms with Gasteiger partial charge in [-0.05, 0) is 32.1 Å². The van der Waals surface area contributed by atoms with Gasteiger partial charge in [0.2, 0.25) is 5.91 Å². The molecule has 4 nitrogen and oxygen atoms in total. The van der Waals surface area contributed by atoms with Crippen molar-refractivity contribution in [1.29, 1.82) is 0 Å². The van der Waals surface area contributed by atoms with Gasteiger partial charge in [-0.1, -0.05) is 20.3 Å². The van der Waals surface area contributed by atoms with Crippen LogP contribution in [0.15, 0.2) is 0 Å². The van der Waals surface area contributed by atoms with E-state index in [0.29, 0.717) is 6.61 Å². The normalized spacial score (nSPS) is 24.1. The third-order valence-corrected chi connectivity index (χ3v) is 3.57. The van der Waals surface area contributed by atoms with Gasteiger partial charge in [0.1, 0.15) is 6.04 Å². The molecule has 0 heterocycles. The van der Waals surface area contributed by atoms with E-state index in [4.69, 9.17) is 4.74 Å². The van der Waals surface area contributed by atoms with Crippen LogP contribution in [-0.2, 0) is 14.3 Å². The zero-order valence-corrected chi connectivity index (χ0v) is 11.2. The van der Waals surface area contributed by atoms with Gasteiger partial charge in [-0.25, -0.2) is 4.79 Å². The number of hydrogen-bond donors (Lipinski definition) is 1. The first-order valence-corrected chi connectivity index (χ1v) is 6.35. The van der Waals surface area contributed by atoms with Crippen molar-refractivity contribution in [2.24, 2.45) is 11.3 Å². The molecule has 0 spiro atoms. The van der Waals surface area contributed by atoms with Crippen molar-refractivity contribution < 1.29 is 14.3 Å². The third kappa shape index (κ3) is 3.45. The van der Waals surface area contributed by atoms with E-state index >= 15 is 0 Å². The van der Waals surface area contributed by atoms with Crippen molar-refractivity contribution >= 4 is 11.9 Å². The van der Waals surface area contributed by atoms with E-state index in [-0.39, 0.29) is 23.2 Å². The van der Waals surface area contributed by atoms with Crippen LogP contribution in [0.1, 0.15) is 47.0 Å². The molecule has 0 radical (unpaired) electrons. The van der Waals surface area contributed by atoms with E-state index in [0.717, 1.165) is 19.3 Å². The van der Waals surface area contributed by atoms with Crippen molar-refractivity contribution in [2.45, 2.75) is 53.0 Å². The Labute approximate surface area is 103 Å². The number of rotatable bonds is 4. The van der Waals surface area contributed by atoms with Crippen LogP contribution in [0.4, 0.5) is 0 Å². The van der Waals surface area contributed by atoms with Crippen LogP contribution in [0.5, 0.6) is 0 Å². The van der Waals surface area contributed by atoms with Gasteiger partial charge in [0.15, 0.2) is 0 Å². The van der Waals surface area contributed by atoms with Crippen LogP contribution in [0.2, 0.25) is 0 Å². The summed E-state index contributed by atoms with van der Waals surface area (Å²) in [6.07, 6.45) is 3.06. The maximum atomic E-state index is 12.1. The Bertz CT molecular complexity index is 299. The number of esters is 1. The van der Waals surface area contributed by atoms with Crippen molar-refractivity contribution in [3.05, 3.63) is 0 Å². The largest absolute Gasteiger partial charge is 0.464 e. The number of ether oxygens (including phenoxy) is 1. The van der Waals surface area contributed by atoms with Crippen LogP contribution in [0.25, 0.3) is 0 Å². The molecular formula is C13H23NO3. The Morgan fingerprint density at radius 1 is 1.47 bits per heavy atom. The molecule has 1 fully saturated rings. The maximum absolute atomic E-state index is 12.1. The summed E-state index contributed by atoms with van der Waals surface area (Å²) in [5.41, 5.74) is 0.0401.